The van der Waals surface area contributed by atoms with E-state index in [0.29, 0.717) is 11.0 Å². The van der Waals surface area contributed by atoms with Crippen LogP contribution in [0.5, 0.6) is 0 Å². The molecule has 3 aromatic rings. The molecule has 0 saturated carbocycles. The topological polar surface area (TPSA) is 52.0 Å². The van der Waals surface area contributed by atoms with Gasteiger partial charge in [0.25, 0.3) is 0 Å². The van der Waals surface area contributed by atoms with E-state index in [1.165, 1.54) is 6.92 Å². The molecule has 0 N–H and O–H groups in total. The van der Waals surface area contributed by atoms with Crippen molar-refractivity contribution in [2.45, 2.75) is 6.92 Å². The molecule has 0 unspecified atom stereocenters. The van der Waals surface area contributed by atoms with Gasteiger partial charge in [-0.15, -0.1) is 0 Å². The average Bonchev–Trinajstić information content (AvgIpc) is 2.47. The van der Waals surface area contributed by atoms with Crippen molar-refractivity contribution in [2.24, 2.45) is 0 Å². The number of benzene rings is 1. The molecule has 0 amide bonds. The highest BCUT2D eigenvalue weighted by Crippen LogP contribution is 2.19. The summed E-state index contributed by atoms with van der Waals surface area (Å²) in [4.78, 5) is 28.3. The smallest absolute Gasteiger partial charge is 0.201 e. The van der Waals surface area contributed by atoms with Crippen LogP contribution >= 0.6 is 15.9 Å². The number of hydrogen-bond acceptors (Lipinski definition) is 3. The van der Waals surface area contributed by atoms with E-state index in [2.05, 4.69) is 20.9 Å². The molecule has 4 nitrogen and oxygen atoms in total. The van der Waals surface area contributed by atoms with Gasteiger partial charge in [0.2, 0.25) is 5.43 Å². The monoisotopic (exact) mass is 342 g/mol. The first-order chi connectivity index (χ1) is 10.1. The Morgan fingerprint density at radius 2 is 2.05 bits per heavy atom. The van der Waals surface area contributed by atoms with Crippen LogP contribution in [0.4, 0.5) is 0 Å². The summed E-state index contributed by atoms with van der Waals surface area (Å²) in [5.41, 5.74) is 1.24. The molecule has 21 heavy (non-hydrogen) atoms. The molecule has 2 heterocycles. The number of aromatic nitrogens is 2. The van der Waals surface area contributed by atoms with E-state index in [1.54, 1.807) is 29.1 Å². The summed E-state index contributed by atoms with van der Waals surface area (Å²) in [6.07, 6.45) is 3.19. The maximum absolute atomic E-state index is 12.3. The number of ketones is 1. The van der Waals surface area contributed by atoms with Crippen molar-refractivity contribution in [3.63, 3.8) is 0 Å². The minimum atomic E-state index is -0.281. The maximum atomic E-state index is 12.3. The van der Waals surface area contributed by atoms with Crippen molar-refractivity contribution >= 4 is 32.7 Å². The molecule has 3 rings (SSSR count). The minimum absolute atomic E-state index is 0.162. The van der Waals surface area contributed by atoms with Gasteiger partial charge < -0.3 is 4.57 Å². The second kappa shape index (κ2) is 5.26. The summed E-state index contributed by atoms with van der Waals surface area (Å²) in [5.74, 6) is -0.255. The molecule has 0 spiro atoms. The third-order valence-corrected chi connectivity index (χ3v) is 3.72. The van der Waals surface area contributed by atoms with Gasteiger partial charge in [-0.2, -0.15) is 0 Å². The number of carbonyl (C=O) groups is 1. The van der Waals surface area contributed by atoms with E-state index in [0.717, 1.165) is 10.2 Å². The first-order valence-corrected chi connectivity index (χ1v) is 7.14. The van der Waals surface area contributed by atoms with Gasteiger partial charge in [0.05, 0.1) is 10.9 Å². The zero-order chi connectivity index (χ0) is 15.0. The SMILES string of the molecule is CC(=O)c1cn(-c2cccc(Br)c2)c2ncccc2c1=O. The van der Waals surface area contributed by atoms with Gasteiger partial charge in [0.1, 0.15) is 5.65 Å². The van der Waals surface area contributed by atoms with Crippen LogP contribution < -0.4 is 5.43 Å². The zero-order valence-electron chi connectivity index (χ0n) is 11.2. The third kappa shape index (κ3) is 2.40. The molecule has 104 valence electrons. The Morgan fingerprint density at radius 1 is 1.24 bits per heavy atom. The van der Waals surface area contributed by atoms with E-state index in [9.17, 15) is 9.59 Å². The van der Waals surface area contributed by atoms with Crippen molar-refractivity contribution in [1.82, 2.24) is 9.55 Å². The largest absolute Gasteiger partial charge is 0.300 e. The molecule has 5 heteroatoms. The van der Waals surface area contributed by atoms with Crippen molar-refractivity contribution in [1.29, 1.82) is 0 Å². The van der Waals surface area contributed by atoms with Gasteiger partial charge in [0.15, 0.2) is 5.78 Å². The average molecular weight is 343 g/mol. The van der Waals surface area contributed by atoms with E-state index >= 15 is 0 Å². The van der Waals surface area contributed by atoms with E-state index in [1.807, 2.05) is 24.3 Å². The van der Waals surface area contributed by atoms with Crippen LogP contribution in [-0.2, 0) is 0 Å². The minimum Gasteiger partial charge on any atom is -0.300 e. The summed E-state index contributed by atoms with van der Waals surface area (Å²) in [7, 11) is 0. The van der Waals surface area contributed by atoms with Crippen molar-refractivity contribution in [2.75, 3.05) is 0 Å². The first-order valence-electron chi connectivity index (χ1n) is 6.35. The molecule has 1 aromatic carbocycles. The lowest BCUT2D eigenvalue weighted by atomic mass is 10.1. The molecule has 0 aliphatic heterocycles. The Balaban J connectivity index is 2.44. The van der Waals surface area contributed by atoms with Gasteiger partial charge in [-0.25, -0.2) is 4.98 Å². The number of carbonyl (C=O) groups excluding carboxylic acids is 1. The number of pyridine rings is 2. The number of hydrogen-bond donors (Lipinski definition) is 0. The summed E-state index contributed by atoms with van der Waals surface area (Å²) >= 11 is 3.42. The number of halogens is 1. The molecule has 0 bridgehead atoms. The fraction of sp³-hybridized carbons (Fsp3) is 0.0625. The summed E-state index contributed by atoms with van der Waals surface area (Å²) in [6.45, 7) is 1.39. The predicted octanol–water partition coefficient (Wildman–Crippen LogP) is 3.35. The summed E-state index contributed by atoms with van der Waals surface area (Å²) < 4.78 is 2.67. The number of fused-ring (bicyclic) bond motifs is 1. The molecule has 0 aliphatic rings. The van der Waals surface area contributed by atoms with Crippen molar-refractivity contribution < 1.29 is 4.79 Å². The second-order valence-corrected chi connectivity index (χ2v) is 5.57. The lowest BCUT2D eigenvalue weighted by Crippen LogP contribution is -2.17. The summed E-state index contributed by atoms with van der Waals surface area (Å²) in [6, 6.07) is 11.0. The first kappa shape index (κ1) is 13.7. The van der Waals surface area contributed by atoms with Crippen LogP contribution in [-0.4, -0.2) is 15.3 Å². The normalized spacial score (nSPS) is 10.8. The standard InChI is InChI=1S/C16H11BrN2O2/c1-10(20)14-9-19(12-5-2-4-11(17)8-12)16-13(15(14)21)6-3-7-18-16/h2-9H,1H3. The molecule has 2 aromatic heterocycles. The lowest BCUT2D eigenvalue weighted by molar-refractivity contribution is 0.101. The zero-order valence-corrected chi connectivity index (χ0v) is 12.8. The maximum Gasteiger partial charge on any atom is 0.201 e. The Hall–Kier alpha value is -2.27. The number of rotatable bonds is 2. The molecular weight excluding hydrogens is 332 g/mol. The van der Waals surface area contributed by atoms with Gasteiger partial charge >= 0.3 is 0 Å². The summed E-state index contributed by atoms with van der Waals surface area (Å²) in [5, 5.41) is 0.435. The fourth-order valence-corrected chi connectivity index (χ4v) is 2.62. The van der Waals surface area contributed by atoms with Gasteiger partial charge in [-0.1, -0.05) is 22.0 Å². The lowest BCUT2D eigenvalue weighted by Gasteiger charge is -2.12. The third-order valence-electron chi connectivity index (χ3n) is 3.23. The molecule has 0 saturated heterocycles. The Bertz CT molecular complexity index is 916. The predicted molar refractivity (Wildman–Crippen MR) is 85.0 cm³/mol. The van der Waals surface area contributed by atoms with Crippen LogP contribution in [0.1, 0.15) is 17.3 Å². The molecular formula is C16H11BrN2O2. The van der Waals surface area contributed by atoms with Crippen LogP contribution in [0.15, 0.2) is 58.1 Å². The molecule has 0 atom stereocenters. The molecule has 0 radical (unpaired) electrons. The van der Waals surface area contributed by atoms with Crippen LogP contribution in [0, 0.1) is 0 Å². The van der Waals surface area contributed by atoms with Gasteiger partial charge in [-0.3, -0.25) is 9.59 Å². The van der Waals surface area contributed by atoms with E-state index < -0.39 is 0 Å². The quantitative estimate of drug-likeness (QED) is 0.671. The highest BCUT2D eigenvalue weighted by Gasteiger charge is 2.13. The highest BCUT2D eigenvalue weighted by atomic mass is 79.9. The second-order valence-electron chi connectivity index (χ2n) is 4.65. The van der Waals surface area contributed by atoms with Gasteiger partial charge in [-0.05, 0) is 37.3 Å². The number of Topliss-reactive ketones (excluding diaryl/α,β-unsaturated/α-hetero) is 1. The van der Waals surface area contributed by atoms with E-state index in [-0.39, 0.29) is 16.8 Å². The highest BCUT2D eigenvalue weighted by molar-refractivity contribution is 9.10. The fourth-order valence-electron chi connectivity index (χ4n) is 2.23. The Morgan fingerprint density at radius 3 is 2.76 bits per heavy atom. The van der Waals surface area contributed by atoms with Crippen LogP contribution in [0.2, 0.25) is 0 Å². The van der Waals surface area contributed by atoms with Gasteiger partial charge in [0, 0.05) is 22.6 Å². The molecule has 0 fully saturated rings. The Labute approximate surface area is 129 Å². The van der Waals surface area contributed by atoms with Crippen LogP contribution in [0.3, 0.4) is 0 Å². The van der Waals surface area contributed by atoms with Crippen molar-refractivity contribution in [3.05, 3.63) is 69.1 Å². The Kier molecular flexibility index (Phi) is 3.43. The van der Waals surface area contributed by atoms with Crippen molar-refractivity contribution in [3.8, 4) is 5.69 Å². The molecule has 0 aliphatic carbocycles. The van der Waals surface area contributed by atoms with E-state index in [4.69, 9.17) is 0 Å². The number of nitrogens with zero attached hydrogens (tertiary/aromatic N) is 2. The van der Waals surface area contributed by atoms with Crippen LogP contribution in [0.25, 0.3) is 16.7 Å².